The van der Waals surface area contributed by atoms with Crippen molar-refractivity contribution < 1.29 is 0 Å². The molecular formula is C15H22BrN5. The van der Waals surface area contributed by atoms with Crippen molar-refractivity contribution in [1.29, 1.82) is 0 Å². The molecule has 0 saturated carbocycles. The van der Waals surface area contributed by atoms with E-state index in [0.29, 0.717) is 12.0 Å². The molecule has 1 aromatic heterocycles. The molecule has 0 bridgehead atoms. The maximum absolute atomic E-state index is 4.30. The Morgan fingerprint density at radius 1 is 1.24 bits per heavy atom. The molecule has 6 heteroatoms. The van der Waals surface area contributed by atoms with Gasteiger partial charge in [-0.25, -0.2) is 0 Å². The van der Waals surface area contributed by atoms with Crippen LogP contribution in [0.1, 0.15) is 25.2 Å². The smallest absolute Gasteiger partial charge is 0.175 e. The topological polar surface area (TPSA) is 55.6 Å². The Labute approximate surface area is 134 Å². The fourth-order valence-corrected chi connectivity index (χ4v) is 2.70. The number of hydrogen-bond acceptors (Lipinski definition) is 4. The zero-order chi connectivity index (χ0) is 15.2. The van der Waals surface area contributed by atoms with E-state index in [2.05, 4.69) is 68.7 Å². The van der Waals surface area contributed by atoms with Crippen LogP contribution in [0.15, 0.2) is 28.7 Å². The minimum atomic E-state index is 0.440. The lowest BCUT2D eigenvalue weighted by atomic mass is 9.95. The molecule has 0 radical (unpaired) electrons. The highest BCUT2D eigenvalue weighted by Crippen LogP contribution is 2.20. The van der Waals surface area contributed by atoms with Crippen molar-refractivity contribution in [3.8, 4) is 0 Å². The van der Waals surface area contributed by atoms with Crippen LogP contribution in [0.3, 0.4) is 0 Å². The van der Waals surface area contributed by atoms with E-state index < -0.39 is 0 Å². The molecule has 1 heterocycles. The molecule has 21 heavy (non-hydrogen) atoms. The van der Waals surface area contributed by atoms with Crippen molar-refractivity contribution in [1.82, 2.24) is 25.5 Å². The van der Waals surface area contributed by atoms with Crippen molar-refractivity contribution in [2.75, 3.05) is 6.54 Å². The molecule has 0 aliphatic rings. The molecule has 2 rings (SSSR count). The van der Waals surface area contributed by atoms with E-state index in [1.165, 1.54) is 10.4 Å². The monoisotopic (exact) mass is 351 g/mol. The second kappa shape index (κ2) is 7.66. The van der Waals surface area contributed by atoms with Gasteiger partial charge >= 0.3 is 0 Å². The summed E-state index contributed by atoms with van der Waals surface area (Å²) < 4.78 is 1.16. The zero-order valence-corrected chi connectivity index (χ0v) is 14.3. The predicted octanol–water partition coefficient (Wildman–Crippen LogP) is 2.37. The molecule has 5 nitrogen and oxygen atoms in total. The molecule has 0 fully saturated rings. The number of halogens is 1. The van der Waals surface area contributed by atoms with E-state index in [9.17, 15) is 0 Å². The van der Waals surface area contributed by atoms with Crippen LogP contribution in [-0.2, 0) is 19.9 Å². The van der Waals surface area contributed by atoms with E-state index in [1.807, 2.05) is 6.07 Å². The van der Waals surface area contributed by atoms with E-state index >= 15 is 0 Å². The highest BCUT2D eigenvalue weighted by Gasteiger charge is 2.15. The van der Waals surface area contributed by atoms with Crippen LogP contribution in [0.2, 0.25) is 0 Å². The van der Waals surface area contributed by atoms with Gasteiger partial charge in [0.05, 0.1) is 7.05 Å². The first-order valence-corrected chi connectivity index (χ1v) is 8.03. The standard InChI is InChI=1S/C15H22BrN5/c1-11(2)17-10-12(9-15-18-20-21(3)19-15)8-13-6-4-5-7-14(13)16/h4-7,11-12,17H,8-10H2,1-3H3. The van der Waals surface area contributed by atoms with Crippen molar-refractivity contribution in [3.05, 3.63) is 40.1 Å². The lowest BCUT2D eigenvalue weighted by molar-refractivity contribution is 0.436. The lowest BCUT2D eigenvalue weighted by Crippen LogP contribution is -2.31. The molecule has 1 atom stereocenters. The Morgan fingerprint density at radius 2 is 2.00 bits per heavy atom. The average molecular weight is 352 g/mol. The van der Waals surface area contributed by atoms with Crippen LogP contribution in [0.5, 0.6) is 0 Å². The minimum absolute atomic E-state index is 0.440. The molecule has 0 aliphatic carbocycles. The summed E-state index contributed by atoms with van der Waals surface area (Å²) in [7, 11) is 1.80. The summed E-state index contributed by atoms with van der Waals surface area (Å²) in [6.45, 7) is 5.27. The third-order valence-electron chi connectivity index (χ3n) is 3.30. The fraction of sp³-hybridized carbons (Fsp3) is 0.533. The normalized spacial score (nSPS) is 12.8. The molecule has 1 aromatic carbocycles. The molecular weight excluding hydrogens is 330 g/mol. The highest BCUT2D eigenvalue weighted by molar-refractivity contribution is 9.10. The predicted molar refractivity (Wildman–Crippen MR) is 87.0 cm³/mol. The Morgan fingerprint density at radius 3 is 2.62 bits per heavy atom. The van der Waals surface area contributed by atoms with E-state index in [1.54, 1.807) is 7.05 Å². The number of aryl methyl sites for hydroxylation is 1. The molecule has 0 aliphatic heterocycles. The summed E-state index contributed by atoms with van der Waals surface area (Å²) >= 11 is 3.63. The SMILES string of the molecule is CC(C)NCC(Cc1nnn(C)n1)Cc1ccccc1Br. The van der Waals surface area contributed by atoms with Gasteiger partial charge in [-0.2, -0.15) is 4.80 Å². The third-order valence-corrected chi connectivity index (χ3v) is 4.08. The number of benzene rings is 1. The molecule has 114 valence electrons. The first-order chi connectivity index (χ1) is 10.0. The second-order valence-corrected chi connectivity index (χ2v) is 6.48. The molecule has 0 amide bonds. The third kappa shape index (κ3) is 5.21. The van der Waals surface area contributed by atoms with Gasteiger partial charge in [-0.05, 0) is 35.7 Å². The molecule has 1 unspecified atom stereocenters. The van der Waals surface area contributed by atoms with E-state index in [0.717, 1.165) is 29.7 Å². The van der Waals surface area contributed by atoms with Gasteiger partial charge in [0.1, 0.15) is 0 Å². The van der Waals surface area contributed by atoms with Crippen molar-refractivity contribution in [3.63, 3.8) is 0 Å². The van der Waals surface area contributed by atoms with Gasteiger partial charge in [-0.15, -0.1) is 10.2 Å². The minimum Gasteiger partial charge on any atom is -0.314 e. The molecule has 0 saturated heterocycles. The number of nitrogens with zero attached hydrogens (tertiary/aromatic N) is 4. The van der Waals surface area contributed by atoms with Crippen LogP contribution in [-0.4, -0.2) is 32.8 Å². The van der Waals surface area contributed by atoms with Gasteiger partial charge in [-0.3, -0.25) is 0 Å². The quantitative estimate of drug-likeness (QED) is 0.831. The summed E-state index contributed by atoms with van der Waals surface area (Å²) in [5.74, 6) is 1.25. The second-order valence-electron chi connectivity index (χ2n) is 5.62. The molecule has 2 aromatic rings. The Balaban J connectivity index is 2.06. The van der Waals surface area contributed by atoms with E-state index in [4.69, 9.17) is 0 Å². The van der Waals surface area contributed by atoms with Crippen molar-refractivity contribution >= 4 is 15.9 Å². The largest absolute Gasteiger partial charge is 0.314 e. The van der Waals surface area contributed by atoms with Gasteiger partial charge in [0, 0.05) is 16.9 Å². The summed E-state index contributed by atoms with van der Waals surface area (Å²) in [6.07, 6.45) is 1.81. The summed E-state index contributed by atoms with van der Waals surface area (Å²) in [4.78, 5) is 1.51. The first kappa shape index (κ1) is 16.1. The Hall–Kier alpha value is -1.27. The van der Waals surface area contributed by atoms with Crippen LogP contribution in [0.25, 0.3) is 0 Å². The molecule has 0 spiro atoms. The summed E-state index contributed by atoms with van der Waals surface area (Å²) in [5.41, 5.74) is 1.32. The van der Waals surface area contributed by atoms with Crippen LogP contribution in [0.4, 0.5) is 0 Å². The van der Waals surface area contributed by atoms with Crippen LogP contribution < -0.4 is 5.32 Å². The summed E-state index contributed by atoms with van der Waals surface area (Å²) in [6, 6.07) is 8.84. The van der Waals surface area contributed by atoms with Crippen molar-refractivity contribution in [2.24, 2.45) is 13.0 Å². The lowest BCUT2D eigenvalue weighted by Gasteiger charge is -2.18. The number of aromatic nitrogens is 4. The maximum atomic E-state index is 4.30. The van der Waals surface area contributed by atoms with Crippen LogP contribution in [0, 0.1) is 5.92 Å². The summed E-state index contributed by atoms with van der Waals surface area (Å²) in [5, 5.41) is 15.8. The molecule has 1 N–H and O–H groups in total. The fourth-order valence-electron chi connectivity index (χ4n) is 2.26. The Bertz CT molecular complexity index is 567. The zero-order valence-electron chi connectivity index (χ0n) is 12.8. The van der Waals surface area contributed by atoms with E-state index in [-0.39, 0.29) is 0 Å². The van der Waals surface area contributed by atoms with Crippen LogP contribution >= 0.6 is 15.9 Å². The Kier molecular flexibility index (Phi) is 5.87. The van der Waals surface area contributed by atoms with Gasteiger partial charge in [0.15, 0.2) is 5.82 Å². The van der Waals surface area contributed by atoms with Gasteiger partial charge in [-0.1, -0.05) is 48.0 Å². The average Bonchev–Trinajstić information content (AvgIpc) is 2.84. The van der Waals surface area contributed by atoms with Gasteiger partial charge < -0.3 is 5.32 Å². The number of hydrogen-bond donors (Lipinski definition) is 1. The van der Waals surface area contributed by atoms with Crippen molar-refractivity contribution in [2.45, 2.75) is 32.7 Å². The van der Waals surface area contributed by atoms with Gasteiger partial charge in [0.25, 0.3) is 0 Å². The van der Waals surface area contributed by atoms with Gasteiger partial charge in [0.2, 0.25) is 0 Å². The maximum Gasteiger partial charge on any atom is 0.175 e. The number of nitrogens with one attached hydrogen (secondary N) is 1. The highest BCUT2D eigenvalue weighted by atomic mass is 79.9. The first-order valence-electron chi connectivity index (χ1n) is 7.24. The number of tetrazole rings is 1. The number of rotatable bonds is 7.